The molecule has 0 aromatic heterocycles. The Morgan fingerprint density at radius 1 is 1.40 bits per heavy atom. The number of aliphatic carboxylic acids is 1. The molecule has 0 bridgehead atoms. The molecule has 0 saturated heterocycles. The maximum absolute atomic E-state index is 11.6. The summed E-state index contributed by atoms with van der Waals surface area (Å²) in [6.07, 6.45) is 1.03. The van der Waals surface area contributed by atoms with Crippen molar-refractivity contribution in [2.24, 2.45) is 5.92 Å². The first-order chi connectivity index (χ1) is 6.86. The van der Waals surface area contributed by atoms with E-state index in [9.17, 15) is 9.59 Å². The molecule has 1 aliphatic carbocycles. The second-order valence-electron chi connectivity index (χ2n) is 4.39. The normalized spacial score (nSPS) is 25.5. The smallest absolute Gasteiger partial charge is 0.306 e. The van der Waals surface area contributed by atoms with E-state index < -0.39 is 11.6 Å². The summed E-state index contributed by atoms with van der Waals surface area (Å²) in [7, 11) is 1.47. The van der Waals surface area contributed by atoms with Crippen LogP contribution in [0.2, 0.25) is 0 Å². The zero-order valence-electron chi connectivity index (χ0n) is 9.24. The van der Waals surface area contributed by atoms with Gasteiger partial charge in [0.25, 0.3) is 5.91 Å². The van der Waals surface area contributed by atoms with Crippen LogP contribution in [0.1, 0.15) is 26.7 Å². The van der Waals surface area contributed by atoms with Gasteiger partial charge in [-0.3, -0.25) is 9.59 Å². The minimum Gasteiger partial charge on any atom is -0.481 e. The molecule has 1 aliphatic rings. The van der Waals surface area contributed by atoms with Crippen molar-refractivity contribution in [1.29, 1.82) is 0 Å². The van der Waals surface area contributed by atoms with E-state index in [2.05, 4.69) is 5.32 Å². The van der Waals surface area contributed by atoms with Crippen LogP contribution >= 0.6 is 0 Å². The van der Waals surface area contributed by atoms with Gasteiger partial charge >= 0.3 is 5.97 Å². The van der Waals surface area contributed by atoms with Gasteiger partial charge in [-0.2, -0.15) is 0 Å². The first-order valence-corrected chi connectivity index (χ1v) is 4.95. The number of carbonyl (C=O) groups is 2. The van der Waals surface area contributed by atoms with E-state index in [1.807, 2.05) is 0 Å². The van der Waals surface area contributed by atoms with Crippen LogP contribution in [0.4, 0.5) is 0 Å². The molecular weight excluding hydrogens is 198 g/mol. The minimum atomic E-state index is -0.853. The van der Waals surface area contributed by atoms with Crippen molar-refractivity contribution in [2.75, 3.05) is 7.11 Å². The lowest BCUT2D eigenvalue weighted by atomic mass is 9.80. The second kappa shape index (κ2) is 4.18. The number of rotatable bonds is 4. The fourth-order valence-electron chi connectivity index (χ4n) is 1.39. The Hall–Kier alpha value is -1.10. The highest BCUT2D eigenvalue weighted by molar-refractivity contribution is 5.85. The van der Waals surface area contributed by atoms with Crippen LogP contribution in [-0.4, -0.2) is 35.7 Å². The fraction of sp³-hybridized carbons (Fsp3) is 0.800. The topological polar surface area (TPSA) is 75.6 Å². The summed E-state index contributed by atoms with van der Waals surface area (Å²) in [5, 5.41) is 11.4. The molecule has 2 N–H and O–H groups in total. The van der Waals surface area contributed by atoms with Gasteiger partial charge < -0.3 is 15.2 Å². The van der Waals surface area contributed by atoms with Crippen molar-refractivity contribution in [3.05, 3.63) is 0 Å². The van der Waals surface area contributed by atoms with E-state index in [0.717, 1.165) is 0 Å². The monoisotopic (exact) mass is 215 g/mol. The summed E-state index contributed by atoms with van der Waals surface area (Å²) < 4.78 is 5.01. The quantitative estimate of drug-likeness (QED) is 0.711. The molecule has 1 saturated carbocycles. The zero-order valence-corrected chi connectivity index (χ0v) is 9.24. The van der Waals surface area contributed by atoms with Gasteiger partial charge in [0.15, 0.2) is 0 Å². The Morgan fingerprint density at radius 2 is 1.93 bits per heavy atom. The summed E-state index contributed by atoms with van der Waals surface area (Å²) in [4.78, 5) is 22.1. The summed E-state index contributed by atoms with van der Waals surface area (Å²) in [6, 6.07) is -0.0203. The zero-order chi connectivity index (χ0) is 11.6. The lowest BCUT2D eigenvalue weighted by Crippen LogP contribution is -2.53. The van der Waals surface area contributed by atoms with Gasteiger partial charge in [-0.05, 0) is 26.7 Å². The van der Waals surface area contributed by atoms with E-state index in [1.165, 1.54) is 7.11 Å². The van der Waals surface area contributed by atoms with E-state index in [4.69, 9.17) is 9.84 Å². The Bertz CT molecular complexity index is 269. The number of ether oxygens (including phenoxy) is 1. The largest absolute Gasteiger partial charge is 0.481 e. The van der Waals surface area contributed by atoms with Crippen LogP contribution in [0.5, 0.6) is 0 Å². The number of carbonyl (C=O) groups excluding carboxylic acids is 1. The number of carboxylic acid groups (broad SMARTS) is 1. The van der Waals surface area contributed by atoms with Crippen molar-refractivity contribution in [3.8, 4) is 0 Å². The van der Waals surface area contributed by atoms with Gasteiger partial charge in [0.05, 0.1) is 5.92 Å². The van der Waals surface area contributed by atoms with Crippen LogP contribution in [0, 0.1) is 5.92 Å². The third-order valence-corrected chi connectivity index (χ3v) is 2.88. The molecule has 0 atom stereocenters. The second-order valence-corrected chi connectivity index (χ2v) is 4.39. The first kappa shape index (κ1) is 12.0. The van der Waals surface area contributed by atoms with Crippen LogP contribution in [0.15, 0.2) is 0 Å². The number of amides is 1. The van der Waals surface area contributed by atoms with Crippen molar-refractivity contribution in [1.82, 2.24) is 5.32 Å². The predicted molar refractivity (Wildman–Crippen MR) is 53.4 cm³/mol. The summed E-state index contributed by atoms with van der Waals surface area (Å²) in [6.45, 7) is 3.35. The number of nitrogens with one attached hydrogen (secondary N) is 1. The van der Waals surface area contributed by atoms with E-state index >= 15 is 0 Å². The molecule has 1 amide bonds. The third kappa shape index (κ3) is 2.68. The van der Waals surface area contributed by atoms with Crippen molar-refractivity contribution in [3.63, 3.8) is 0 Å². The van der Waals surface area contributed by atoms with Crippen molar-refractivity contribution >= 4 is 11.9 Å². The van der Waals surface area contributed by atoms with E-state index in [1.54, 1.807) is 13.8 Å². The Balaban J connectivity index is 2.34. The molecule has 0 radical (unpaired) electrons. The summed E-state index contributed by atoms with van der Waals surface area (Å²) in [5.74, 6) is -1.29. The molecule has 0 aromatic carbocycles. The highest BCUT2D eigenvalue weighted by Gasteiger charge is 2.38. The molecular formula is C10H17NO4. The van der Waals surface area contributed by atoms with Gasteiger partial charge in [-0.25, -0.2) is 0 Å². The van der Waals surface area contributed by atoms with Gasteiger partial charge in [0, 0.05) is 13.2 Å². The third-order valence-electron chi connectivity index (χ3n) is 2.88. The van der Waals surface area contributed by atoms with Gasteiger partial charge in [0.2, 0.25) is 0 Å². The fourth-order valence-corrected chi connectivity index (χ4v) is 1.39. The van der Waals surface area contributed by atoms with Crippen LogP contribution in [0.3, 0.4) is 0 Å². The Kier molecular flexibility index (Phi) is 3.34. The number of methoxy groups -OCH3 is 1. The molecule has 15 heavy (non-hydrogen) atoms. The van der Waals surface area contributed by atoms with Gasteiger partial charge in [0.1, 0.15) is 5.60 Å². The van der Waals surface area contributed by atoms with E-state index in [0.29, 0.717) is 12.8 Å². The van der Waals surface area contributed by atoms with Crippen LogP contribution in [-0.2, 0) is 14.3 Å². The Morgan fingerprint density at radius 3 is 2.33 bits per heavy atom. The molecule has 1 fully saturated rings. The molecule has 1 rings (SSSR count). The van der Waals surface area contributed by atoms with Crippen molar-refractivity contribution in [2.45, 2.75) is 38.3 Å². The van der Waals surface area contributed by atoms with Crippen molar-refractivity contribution < 1.29 is 19.4 Å². The SMILES string of the molecule is COC(C)(C)C(=O)NC1CC(C(=O)O)C1. The number of hydrogen-bond acceptors (Lipinski definition) is 3. The predicted octanol–water partition coefficient (Wildman–Crippen LogP) is 0.391. The summed E-state index contributed by atoms with van der Waals surface area (Å²) in [5.41, 5.74) is -0.853. The molecule has 0 unspecified atom stereocenters. The van der Waals surface area contributed by atoms with Gasteiger partial charge in [-0.1, -0.05) is 0 Å². The number of carboxylic acids is 1. The maximum Gasteiger partial charge on any atom is 0.306 e. The molecule has 5 nitrogen and oxygen atoms in total. The average Bonchev–Trinajstić information content (AvgIpc) is 2.09. The molecule has 0 spiro atoms. The molecule has 5 heteroatoms. The average molecular weight is 215 g/mol. The number of hydrogen-bond donors (Lipinski definition) is 2. The van der Waals surface area contributed by atoms with E-state index in [-0.39, 0.29) is 17.9 Å². The minimum absolute atomic E-state index is 0.0203. The van der Waals surface area contributed by atoms with Gasteiger partial charge in [-0.15, -0.1) is 0 Å². The molecule has 0 aliphatic heterocycles. The van der Waals surface area contributed by atoms with Crippen LogP contribution in [0.25, 0.3) is 0 Å². The standard InChI is InChI=1S/C10H17NO4/c1-10(2,15-3)9(14)11-7-4-6(5-7)8(12)13/h6-7H,4-5H2,1-3H3,(H,11,14)(H,12,13). The highest BCUT2D eigenvalue weighted by Crippen LogP contribution is 2.27. The maximum atomic E-state index is 11.6. The summed E-state index contributed by atoms with van der Waals surface area (Å²) >= 11 is 0. The first-order valence-electron chi connectivity index (χ1n) is 4.95. The molecule has 0 aromatic rings. The Labute approximate surface area is 88.8 Å². The lowest BCUT2D eigenvalue weighted by molar-refractivity contribution is -0.148. The van der Waals surface area contributed by atoms with Crippen LogP contribution < -0.4 is 5.32 Å². The molecule has 86 valence electrons. The highest BCUT2D eigenvalue weighted by atomic mass is 16.5. The lowest BCUT2D eigenvalue weighted by Gasteiger charge is -2.35. The molecule has 0 heterocycles.